The monoisotopic (exact) mass is 225 g/mol. The quantitative estimate of drug-likeness (QED) is 0.859. The van der Waals surface area contributed by atoms with Crippen LogP contribution in [0.5, 0.6) is 0 Å². The van der Waals surface area contributed by atoms with Gasteiger partial charge in [-0.1, -0.05) is 13.3 Å². The van der Waals surface area contributed by atoms with Crippen molar-refractivity contribution in [2.75, 3.05) is 18.0 Å². The zero-order valence-electron chi connectivity index (χ0n) is 8.77. The van der Waals surface area contributed by atoms with Crippen LogP contribution in [0.4, 0.5) is 5.69 Å². The Balaban J connectivity index is 2.07. The van der Waals surface area contributed by atoms with Gasteiger partial charge in [-0.15, -0.1) is 11.3 Å². The van der Waals surface area contributed by atoms with Crippen LogP contribution < -0.4 is 4.90 Å². The number of carboxylic acids is 1. The Labute approximate surface area is 93.3 Å². The zero-order valence-corrected chi connectivity index (χ0v) is 9.59. The molecule has 0 aliphatic carbocycles. The molecule has 1 aliphatic heterocycles. The van der Waals surface area contributed by atoms with Gasteiger partial charge in [0.1, 0.15) is 4.88 Å². The average Bonchev–Trinajstić information content (AvgIpc) is 2.86. The largest absolute Gasteiger partial charge is 0.477 e. The Bertz CT molecular complexity index is 361. The van der Waals surface area contributed by atoms with Gasteiger partial charge >= 0.3 is 5.97 Å². The van der Waals surface area contributed by atoms with Crippen molar-refractivity contribution in [2.24, 2.45) is 5.92 Å². The molecule has 0 spiro atoms. The summed E-state index contributed by atoms with van der Waals surface area (Å²) in [4.78, 5) is 13.5. The standard InChI is InChI=1S/C11H15NO2S/c1-2-8-3-4-12(6-8)9-5-10(11(13)14)15-7-9/h5,7-8H,2-4,6H2,1H3,(H,13,14). The van der Waals surface area contributed by atoms with E-state index in [4.69, 9.17) is 5.11 Å². The SMILES string of the molecule is CCC1CCN(c2csc(C(=O)O)c2)C1. The van der Waals surface area contributed by atoms with Crippen molar-refractivity contribution >= 4 is 23.0 Å². The van der Waals surface area contributed by atoms with Gasteiger partial charge < -0.3 is 10.0 Å². The number of nitrogens with zero attached hydrogens (tertiary/aromatic N) is 1. The van der Waals surface area contributed by atoms with Gasteiger partial charge in [-0.05, 0) is 18.4 Å². The van der Waals surface area contributed by atoms with Gasteiger partial charge in [0.25, 0.3) is 0 Å². The molecule has 82 valence electrons. The molecule has 1 fully saturated rings. The van der Waals surface area contributed by atoms with Crippen LogP contribution in [0.15, 0.2) is 11.4 Å². The number of rotatable bonds is 3. The summed E-state index contributed by atoms with van der Waals surface area (Å²) in [7, 11) is 0. The second-order valence-electron chi connectivity index (χ2n) is 3.98. The van der Waals surface area contributed by atoms with Gasteiger partial charge in [0.2, 0.25) is 0 Å². The van der Waals surface area contributed by atoms with E-state index in [1.807, 2.05) is 5.38 Å². The molecular formula is C11H15NO2S. The maximum atomic E-state index is 10.7. The Morgan fingerprint density at radius 2 is 2.53 bits per heavy atom. The Morgan fingerprint density at radius 1 is 1.73 bits per heavy atom. The molecule has 0 radical (unpaired) electrons. The van der Waals surface area contributed by atoms with E-state index in [2.05, 4.69) is 11.8 Å². The highest BCUT2D eigenvalue weighted by molar-refractivity contribution is 7.12. The number of aromatic carboxylic acids is 1. The van der Waals surface area contributed by atoms with Crippen LogP contribution in [0.1, 0.15) is 29.4 Å². The summed E-state index contributed by atoms with van der Waals surface area (Å²) in [6.07, 6.45) is 2.45. The smallest absolute Gasteiger partial charge is 0.345 e. The minimum atomic E-state index is -0.822. The highest BCUT2D eigenvalue weighted by atomic mass is 32.1. The number of anilines is 1. The molecule has 1 atom stereocenters. The van der Waals surface area contributed by atoms with Crippen molar-refractivity contribution in [3.8, 4) is 0 Å². The molecule has 0 amide bonds. The van der Waals surface area contributed by atoms with Crippen molar-refractivity contribution < 1.29 is 9.90 Å². The number of hydrogen-bond donors (Lipinski definition) is 1. The second-order valence-corrected chi connectivity index (χ2v) is 4.89. The Hall–Kier alpha value is -1.03. The molecule has 1 unspecified atom stereocenters. The Kier molecular flexibility index (Phi) is 2.95. The molecule has 4 heteroatoms. The highest BCUT2D eigenvalue weighted by Gasteiger charge is 2.22. The summed E-state index contributed by atoms with van der Waals surface area (Å²) in [5, 5.41) is 10.8. The van der Waals surface area contributed by atoms with Crippen molar-refractivity contribution in [2.45, 2.75) is 19.8 Å². The summed E-state index contributed by atoms with van der Waals surface area (Å²) >= 11 is 1.31. The van der Waals surface area contributed by atoms with Gasteiger partial charge in [-0.2, -0.15) is 0 Å². The maximum Gasteiger partial charge on any atom is 0.345 e. The number of thiophene rings is 1. The summed E-state index contributed by atoms with van der Waals surface area (Å²) in [6.45, 7) is 4.35. The predicted octanol–water partition coefficient (Wildman–Crippen LogP) is 2.68. The first-order chi connectivity index (χ1) is 7.20. The number of hydrogen-bond acceptors (Lipinski definition) is 3. The minimum absolute atomic E-state index is 0.435. The van der Waals surface area contributed by atoms with E-state index >= 15 is 0 Å². The van der Waals surface area contributed by atoms with Gasteiger partial charge in [-0.25, -0.2) is 4.79 Å². The minimum Gasteiger partial charge on any atom is -0.477 e. The first-order valence-corrected chi connectivity index (χ1v) is 6.15. The number of carbonyl (C=O) groups is 1. The van der Waals surface area contributed by atoms with Crippen LogP contribution in [-0.2, 0) is 0 Å². The highest BCUT2D eigenvalue weighted by Crippen LogP contribution is 2.29. The molecule has 1 aliphatic rings. The van der Waals surface area contributed by atoms with E-state index in [1.165, 1.54) is 24.2 Å². The summed E-state index contributed by atoms with van der Waals surface area (Å²) in [6, 6.07) is 1.78. The van der Waals surface area contributed by atoms with E-state index in [0.29, 0.717) is 4.88 Å². The van der Waals surface area contributed by atoms with Crippen LogP contribution in [0.3, 0.4) is 0 Å². The molecule has 3 nitrogen and oxygen atoms in total. The van der Waals surface area contributed by atoms with E-state index < -0.39 is 5.97 Å². The average molecular weight is 225 g/mol. The topological polar surface area (TPSA) is 40.5 Å². The second kappa shape index (κ2) is 4.23. The molecule has 1 aromatic heterocycles. The first-order valence-electron chi connectivity index (χ1n) is 5.27. The maximum absolute atomic E-state index is 10.7. The predicted molar refractivity (Wildman–Crippen MR) is 61.9 cm³/mol. The van der Waals surface area contributed by atoms with Gasteiger partial charge in [0, 0.05) is 24.2 Å². The van der Waals surface area contributed by atoms with Crippen molar-refractivity contribution in [1.29, 1.82) is 0 Å². The molecule has 2 heterocycles. The third-order valence-electron chi connectivity index (χ3n) is 3.02. The van der Waals surface area contributed by atoms with Crippen LogP contribution in [-0.4, -0.2) is 24.2 Å². The van der Waals surface area contributed by atoms with Crippen LogP contribution in [0, 0.1) is 5.92 Å². The summed E-state index contributed by atoms with van der Waals surface area (Å²) in [5.74, 6) is -0.0457. The fourth-order valence-electron chi connectivity index (χ4n) is 2.00. The van der Waals surface area contributed by atoms with Crippen molar-refractivity contribution in [3.63, 3.8) is 0 Å². The number of carboxylic acid groups (broad SMARTS) is 1. The lowest BCUT2D eigenvalue weighted by atomic mass is 10.1. The fourth-order valence-corrected chi connectivity index (χ4v) is 2.76. The van der Waals surface area contributed by atoms with Crippen molar-refractivity contribution in [1.82, 2.24) is 0 Å². The summed E-state index contributed by atoms with van der Waals surface area (Å²) < 4.78 is 0. The third-order valence-corrected chi connectivity index (χ3v) is 3.93. The molecule has 0 bridgehead atoms. The molecular weight excluding hydrogens is 210 g/mol. The van der Waals surface area contributed by atoms with Crippen LogP contribution in [0.25, 0.3) is 0 Å². The fraction of sp³-hybridized carbons (Fsp3) is 0.545. The van der Waals surface area contributed by atoms with E-state index in [9.17, 15) is 4.79 Å². The molecule has 1 N–H and O–H groups in total. The van der Waals surface area contributed by atoms with Gasteiger partial charge in [0.05, 0.1) is 0 Å². The van der Waals surface area contributed by atoms with Crippen LogP contribution >= 0.6 is 11.3 Å². The molecule has 1 saturated heterocycles. The lowest BCUT2D eigenvalue weighted by molar-refractivity contribution is 0.0702. The lowest BCUT2D eigenvalue weighted by Crippen LogP contribution is -2.18. The normalized spacial score (nSPS) is 20.9. The first kappa shape index (κ1) is 10.5. The molecule has 2 rings (SSSR count). The molecule has 0 aromatic carbocycles. The van der Waals surface area contributed by atoms with E-state index in [0.717, 1.165) is 24.7 Å². The van der Waals surface area contributed by atoms with E-state index in [-0.39, 0.29) is 0 Å². The lowest BCUT2D eigenvalue weighted by Gasteiger charge is -2.15. The summed E-state index contributed by atoms with van der Waals surface area (Å²) in [5.41, 5.74) is 1.08. The zero-order chi connectivity index (χ0) is 10.8. The molecule has 0 saturated carbocycles. The van der Waals surface area contributed by atoms with Gasteiger partial charge in [-0.3, -0.25) is 0 Å². The van der Waals surface area contributed by atoms with E-state index in [1.54, 1.807) is 6.07 Å². The van der Waals surface area contributed by atoms with Crippen molar-refractivity contribution in [3.05, 3.63) is 16.3 Å². The van der Waals surface area contributed by atoms with Gasteiger partial charge in [0.15, 0.2) is 0 Å². The molecule has 15 heavy (non-hydrogen) atoms. The Morgan fingerprint density at radius 3 is 3.07 bits per heavy atom. The van der Waals surface area contributed by atoms with Crippen LogP contribution in [0.2, 0.25) is 0 Å². The molecule has 1 aromatic rings. The third kappa shape index (κ3) is 2.15.